The minimum atomic E-state index is 0.513. The number of imidazole rings is 1. The predicted molar refractivity (Wildman–Crippen MR) is 59.3 cm³/mol. The van der Waals surface area contributed by atoms with E-state index in [1.165, 1.54) is 19.3 Å². The summed E-state index contributed by atoms with van der Waals surface area (Å²) < 4.78 is 1.90. The van der Waals surface area contributed by atoms with Crippen LogP contribution in [-0.2, 0) is 6.54 Å². The van der Waals surface area contributed by atoms with Gasteiger partial charge in [-0.15, -0.1) is 0 Å². The molecule has 4 heteroatoms. The molecule has 76 valence electrons. The zero-order valence-electron chi connectivity index (χ0n) is 8.19. The Morgan fingerprint density at radius 3 is 2.86 bits per heavy atom. The van der Waals surface area contributed by atoms with Crippen LogP contribution in [0, 0.1) is 11.3 Å². The minimum Gasteiger partial charge on any atom is -0.323 e. The summed E-state index contributed by atoms with van der Waals surface area (Å²) in [5.41, 5.74) is 0. The molecule has 0 N–H and O–H groups in total. The van der Waals surface area contributed by atoms with Crippen LogP contribution in [0.5, 0.6) is 0 Å². The van der Waals surface area contributed by atoms with Gasteiger partial charge in [-0.1, -0.05) is 12.8 Å². The summed E-state index contributed by atoms with van der Waals surface area (Å²) >= 11 is 4.16. The van der Waals surface area contributed by atoms with Crippen LogP contribution in [-0.4, -0.2) is 15.3 Å². The topological polar surface area (TPSA) is 41.6 Å². The van der Waals surface area contributed by atoms with Crippen molar-refractivity contribution in [1.29, 1.82) is 5.26 Å². The van der Waals surface area contributed by atoms with Gasteiger partial charge < -0.3 is 4.57 Å². The smallest absolute Gasteiger partial charge is 0.212 e. The Labute approximate surface area is 90.2 Å². The van der Waals surface area contributed by atoms with E-state index in [2.05, 4.69) is 23.7 Å². The fraction of sp³-hybridized carbons (Fsp3) is 0.600. The molecule has 0 amide bonds. The van der Waals surface area contributed by atoms with E-state index < -0.39 is 0 Å². The molecule has 1 rings (SSSR count). The van der Waals surface area contributed by atoms with Gasteiger partial charge in [-0.3, -0.25) is 0 Å². The third kappa shape index (κ3) is 3.43. The minimum absolute atomic E-state index is 0.513. The van der Waals surface area contributed by atoms with Crippen molar-refractivity contribution < 1.29 is 0 Å². The fourth-order valence-electron chi connectivity index (χ4n) is 1.35. The highest BCUT2D eigenvalue weighted by atomic mass is 32.1. The Morgan fingerprint density at radius 1 is 1.36 bits per heavy atom. The largest absolute Gasteiger partial charge is 0.323 e. The zero-order valence-corrected chi connectivity index (χ0v) is 9.08. The molecular weight excluding hydrogens is 194 g/mol. The van der Waals surface area contributed by atoms with Gasteiger partial charge >= 0.3 is 0 Å². The van der Waals surface area contributed by atoms with Crippen molar-refractivity contribution in [2.24, 2.45) is 0 Å². The molecule has 0 aromatic carbocycles. The van der Waals surface area contributed by atoms with Crippen molar-refractivity contribution in [3.8, 4) is 6.07 Å². The van der Waals surface area contributed by atoms with Gasteiger partial charge in [0.25, 0.3) is 0 Å². The van der Waals surface area contributed by atoms with Crippen LogP contribution in [0.3, 0.4) is 0 Å². The molecule has 0 aliphatic heterocycles. The third-order valence-electron chi connectivity index (χ3n) is 2.12. The van der Waals surface area contributed by atoms with Gasteiger partial charge in [0.15, 0.2) is 0 Å². The molecule has 0 radical (unpaired) electrons. The number of nitrogens with zero attached hydrogens (tertiary/aromatic N) is 3. The maximum absolute atomic E-state index is 8.70. The number of rotatable bonds is 6. The average molecular weight is 209 g/mol. The molecule has 3 nitrogen and oxygen atoms in total. The molecule has 0 aliphatic rings. The van der Waals surface area contributed by atoms with Crippen LogP contribution in [0.1, 0.15) is 31.5 Å². The monoisotopic (exact) mass is 209 g/mol. The summed E-state index contributed by atoms with van der Waals surface area (Å²) in [5.74, 6) is 1.48. The molecule has 1 heterocycles. The van der Waals surface area contributed by atoms with Crippen LogP contribution in [0.15, 0.2) is 12.4 Å². The Balaban J connectivity index is 2.22. The Kier molecular flexibility index (Phi) is 5.16. The number of aryl methyl sites for hydroxylation is 1. The highest BCUT2D eigenvalue weighted by molar-refractivity contribution is 7.80. The Bertz CT molecular complexity index is 301. The highest BCUT2D eigenvalue weighted by Gasteiger charge is 1.99. The predicted octanol–water partition coefficient (Wildman–Crippen LogP) is 2.24. The second-order valence-corrected chi connectivity index (χ2v) is 3.64. The van der Waals surface area contributed by atoms with Crippen molar-refractivity contribution in [1.82, 2.24) is 9.55 Å². The van der Waals surface area contributed by atoms with E-state index in [4.69, 9.17) is 5.26 Å². The van der Waals surface area contributed by atoms with Crippen LogP contribution < -0.4 is 0 Å². The van der Waals surface area contributed by atoms with Gasteiger partial charge in [0, 0.05) is 18.9 Å². The summed E-state index contributed by atoms with van der Waals surface area (Å²) in [6, 6.07) is 2.07. The van der Waals surface area contributed by atoms with Gasteiger partial charge in [0.05, 0.1) is 0 Å². The van der Waals surface area contributed by atoms with Crippen LogP contribution in [0.4, 0.5) is 0 Å². The van der Waals surface area contributed by atoms with E-state index >= 15 is 0 Å². The standard InChI is InChI=1S/C10H15N3S/c11-9-10-12-5-7-13(10)6-3-1-2-4-8-14/h5,7,14H,1-4,6,8H2. The number of aromatic nitrogens is 2. The number of hydrogen-bond acceptors (Lipinski definition) is 3. The van der Waals surface area contributed by atoms with Gasteiger partial charge in [0.1, 0.15) is 6.07 Å². The summed E-state index contributed by atoms with van der Waals surface area (Å²) in [4.78, 5) is 3.94. The van der Waals surface area contributed by atoms with Gasteiger partial charge in [0.2, 0.25) is 5.82 Å². The lowest BCUT2D eigenvalue weighted by atomic mass is 10.2. The highest BCUT2D eigenvalue weighted by Crippen LogP contribution is 2.04. The Morgan fingerprint density at radius 2 is 2.14 bits per heavy atom. The van der Waals surface area contributed by atoms with Crippen molar-refractivity contribution in [3.05, 3.63) is 18.2 Å². The van der Waals surface area contributed by atoms with E-state index in [0.717, 1.165) is 18.7 Å². The maximum Gasteiger partial charge on any atom is 0.212 e. The molecule has 1 aromatic rings. The van der Waals surface area contributed by atoms with Crippen molar-refractivity contribution >= 4 is 12.6 Å². The molecule has 0 bridgehead atoms. The molecule has 14 heavy (non-hydrogen) atoms. The lowest BCUT2D eigenvalue weighted by molar-refractivity contribution is 0.580. The first kappa shape index (κ1) is 11.1. The molecule has 0 saturated carbocycles. The number of hydrogen-bond donors (Lipinski definition) is 1. The quantitative estimate of drug-likeness (QED) is 0.576. The van der Waals surface area contributed by atoms with Gasteiger partial charge in [-0.05, 0) is 18.6 Å². The number of unbranched alkanes of at least 4 members (excludes halogenated alkanes) is 3. The summed E-state index contributed by atoms with van der Waals surface area (Å²) in [5, 5.41) is 8.70. The first-order chi connectivity index (χ1) is 6.88. The summed E-state index contributed by atoms with van der Waals surface area (Å²) in [6.07, 6.45) is 8.24. The van der Waals surface area contributed by atoms with Crippen molar-refractivity contribution in [2.75, 3.05) is 5.75 Å². The molecule has 0 atom stereocenters. The molecule has 0 unspecified atom stereocenters. The van der Waals surface area contributed by atoms with Crippen molar-refractivity contribution in [3.63, 3.8) is 0 Å². The van der Waals surface area contributed by atoms with Crippen LogP contribution in [0.25, 0.3) is 0 Å². The molecule has 1 aromatic heterocycles. The van der Waals surface area contributed by atoms with E-state index in [9.17, 15) is 0 Å². The van der Waals surface area contributed by atoms with Crippen molar-refractivity contribution in [2.45, 2.75) is 32.2 Å². The van der Waals surface area contributed by atoms with E-state index in [1.807, 2.05) is 10.8 Å². The number of nitriles is 1. The first-order valence-corrected chi connectivity index (χ1v) is 5.54. The molecule has 0 saturated heterocycles. The molecular formula is C10H15N3S. The molecule has 0 spiro atoms. The van der Waals surface area contributed by atoms with E-state index in [1.54, 1.807) is 6.20 Å². The fourth-order valence-corrected chi connectivity index (χ4v) is 1.57. The summed E-state index contributed by atoms with van der Waals surface area (Å²) in [6.45, 7) is 0.898. The third-order valence-corrected chi connectivity index (χ3v) is 2.44. The van der Waals surface area contributed by atoms with Crippen LogP contribution in [0.2, 0.25) is 0 Å². The van der Waals surface area contributed by atoms with Gasteiger partial charge in [-0.25, -0.2) is 4.98 Å². The second kappa shape index (κ2) is 6.50. The first-order valence-electron chi connectivity index (χ1n) is 4.90. The Hall–Kier alpha value is -0.950. The lowest BCUT2D eigenvalue weighted by Crippen LogP contribution is -1.99. The second-order valence-electron chi connectivity index (χ2n) is 3.19. The maximum atomic E-state index is 8.70. The average Bonchev–Trinajstić information content (AvgIpc) is 2.65. The SMILES string of the molecule is N#Cc1nccn1CCCCCCS. The molecule has 0 fully saturated rings. The van der Waals surface area contributed by atoms with E-state index in [-0.39, 0.29) is 0 Å². The lowest BCUT2D eigenvalue weighted by Gasteiger charge is -2.02. The number of thiol groups is 1. The molecule has 0 aliphatic carbocycles. The normalized spacial score (nSPS) is 10.0. The zero-order chi connectivity index (χ0) is 10.2. The van der Waals surface area contributed by atoms with E-state index in [0.29, 0.717) is 5.82 Å². The van der Waals surface area contributed by atoms with Gasteiger partial charge in [-0.2, -0.15) is 17.9 Å². The summed E-state index contributed by atoms with van der Waals surface area (Å²) in [7, 11) is 0. The van der Waals surface area contributed by atoms with Crippen LogP contribution >= 0.6 is 12.6 Å².